The SMILES string of the molecule is CCCC1CCC(C2CCC(CCC)(S(C)(=O)=O)CC2)CC1. The van der Waals surface area contributed by atoms with Gasteiger partial charge in [-0.05, 0) is 62.7 Å². The summed E-state index contributed by atoms with van der Waals surface area (Å²) in [6.45, 7) is 4.42. The summed E-state index contributed by atoms with van der Waals surface area (Å²) >= 11 is 0. The van der Waals surface area contributed by atoms with Gasteiger partial charge in [0.05, 0.1) is 4.75 Å². The third kappa shape index (κ3) is 4.07. The second-order valence-electron chi connectivity index (χ2n) is 8.11. The second kappa shape index (κ2) is 7.68. The van der Waals surface area contributed by atoms with Crippen LogP contribution in [-0.4, -0.2) is 19.4 Å². The largest absolute Gasteiger partial charge is 0.229 e. The monoisotopic (exact) mass is 328 g/mol. The Morgan fingerprint density at radius 3 is 1.86 bits per heavy atom. The smallest absolute Gasteiger partial charge is 0.153 e. The van der Waals surface area contributed by atoms with Gasteiger partial charge in [0.25, 0.3) is 0 Å². The fourth-order valence-corrected chi connectivity index (χ4v) is 6.81. The highest BCUT2D eigenvalue weighted by molar-refractivity contribution is 7.92. The molecule has 2 aliphatic carbocycles. The molecular formula is C19H36O2S. The van der Waals surface area contributed by atoms with Crippen LogP contribution in [0.1, 0.15) is 90.9 Å². The summed E-state index contributed by atoms with van der Waals surface area (Å²) in [7, 11) is -2.92. The fraction of sp³-hybridized carbons (Fsp3) is 1.00. The zero-order valence-corrected chi connectivity index (χ0v) is 15.8. The Morgan fingerprint density at radius 1 is 0.864 bits per heavy atom. The van der Waals surface area contributed by atoms with Gasteiger partial charge in [-0.2, -0.15) is 0 Å². The van der Waals surface area contributed by atoms with E-state index < -0.39 is 14.6 Å². The van der Waals surface area contributed by atoms with Crippen molar-refractivity contribution in [3.8, 4) is 0 Å². The molecule has 0 amide bonds. The highest BCUT2D eigenvalue weighted by Gasteiger charge is 2.44. The van der Waals surface area contributed by atoms with Crippen LogP contribution in [0.25, 0.3) is 0 Å². The number of hydrogen-bond donors (Lipinski definition) is 0. The van der Waals surface area contributed by atoms with E-state index in [-0.39, 0.29) is 0 Å². The van der Waals surface area contributed by atoms with E-state index in [0.717, 1.165) is 56.3 Å². The lowest BCUT2D eigenvalue weighted by Crippen LogP contribution is -2.42. The number of sulfone groups is 1. The minimum absolute atomic E-state index is 0.391. The maximum Gasteiger partial charge on any atom is 0.153 e. The third-order valence-electron chi connectivity index (χ3n) is 6.69. The molecule has 0 aromatic carbocycles. The predicted molar refractivity (Wildman–Crippen MR) is 94.8 cm³/mol. The number of rotatable bonds is 6. The van der Waals surface area contributed by atoms with E-state index in [1.165, 1.54) is 44.8 Å². The molecule has 130 valence electrons. The van der Waals surface area contributed by atoms with Gasteiger partial charge in [0, 0.05) is 6.26 Å². The highest BCUT2D eigenvalue weighted by atomic mass is 32.2. The van der Waals surface area contributed by atoms with Crippen molar-refractivity contribution in [2.45, 2.75) is 95.6 Å². The Bertz CT molecular complexity index is 424. The molecular weight excluding hydrogens is 292 g/mol. The second-order valence-corrected chi connectivity index (χ2v) is 10.5. The molecule has 0 heterocycles. The van der Waals surface area contributed by atoms with Gasteiger partial charge >= 0.3 is 0 Å². The molecule has 0 unspecified atom stereocenters. The van der Waals surface area contributed by atoms with Gasteiger partial charge in [0.1, 0.15) is 0 Å². The maximum atomic E-state index is 12.3. The van der Waals surface area contributed by atoms with Crippen LogP contribution in [0.4, 0.5) is 0 Å². The van der Waals surface area contributed by atoms with Gasteiger partial charge in [-0.3, -0.25) is 0 Å². The normalized spacial score (nSPS) is 37.1. The molecule has 0 aliphatic heterocycles. The van der Waals surface area contributed by atoms with E-state index in [1.807, 2.05) is 0 Å². The van der Waals surface area contributed by atoms with Gasteiger partial charge < -0.3 is 0 Å². The molecule has 2 fully saturated rings. The lowest BCUT2D eigenvalue weighted by Gasteiger charge is -2.42. The molecule has 2 rings (SSSR count). The van der Waals surface area contributed by atoms with Gasteiger partial charge in [0.2, 0.25) is 0 Å². The third-order valence-corrected chi connectivity index (χ3v) is 8.87. The lowest BCUT2D eigenvalue weighted by atomic mass is 9.68. The molecule has 22 heavy (non-hydrogen) atoms. The van der Waals surface area contributed by atoms with Gasteiger partial charge in [-0.15, -0.1) is 0 Å². The van der Waals surface area contributed by atoms with E-state index in [1.54, 1.807) is 0 Å². The standard InChI is InChI=1S/C19H36O2S/c1-4-6-16-7-9-17(10-8-16)18-11-14-19(13-5-2,15-12-18)22(3,20)21/h16-18H,4-15H2,1-3H3. The van der Waals surface area contributed by atoms with E-state index in [4.69, 9.17) is 0 Å². The van der Waals surface area contributed by atoms with Crippen LogP contribution in [0.5, 0.6) is 0 Å². The maximum absolute atomic E-state index is 12.3. The minimum atomic E-state index is -2.92. The molecule has 2 nitrogen and oxygen atoms in total. The molecule has 0 saturated heterocycles. The Labute approximate surface area is 138 Å². The summed E-state index contributed by atoms with van der Waals surface area (Å²) in [5, 5.41) is 0. The van der Waals surface area contributed by atoms with E-state index >= 15 is 0 Å². The first-order valence-electron chi connectivity index (χ1n) is 9.61. The van der Waals surface area contributed by atoms with Crippen molar-refractivity contribution >= 4 is 9.84 Å². The fourth-order valence-electron chi connectivity index (χ4n) is 5.26. The molecule has 2 saturated carbocycles. The van der Waals surface area contributed by atoms with Crippen molar-refractivity contribution < 1.29 is 8.42 Å². The van der Waals surface area contributed by atoms with Crippen molar-refractivity contribution in [1.29, 1.82) is 0 Å². The molecule has 0 spiro atoms. The molecule has 0 aromatic rings. The molecule has 0 aromatic heterocycles. The molecule has 0 atom stereocenters. The first kappa shape index (κ1) is 18.3. The first-order chi connectivity index (χ1) is 10.4. The van der Waals surface area contributed by atoms with E-state index in [0.29, 0.717) is 0 Å². The van der Waals surface area contributed by atoms with Crippen molar-refractivity contribution in [1.82, 2.24) is 0 Å². The van der Waals surface area contributed by atoms with Crippen molar-refractivity contribution in [3.63, 3.8) is 0 Å². The van der Waals surface area contributed by atoms with Gasteiger partial charge in [-0.1, -0.05) is 46.0 Å². The topological polar surface area (TPSA) is 34.1 Å². The molecule has 0 N–H and O–H groups in total. The Kier molecular flexibility index (Phi) is 6.39. The number of hydrogen-bond acceptors (Lipinski definition) is 2. The summed E-state index contributed by atoms with van der Waals surface area (Å²) in [5.74, 6) is 2.65. The lowest BCUT2D eigenvalue weighted by molar-refractivity contribution is 0.147. The van der Waals surface area contributed by atoms with Crippen LogP contribution >= 0.6 is 0 Å². The van der Waals surface area contributed by atoms with Crippen molar-refractivity contribution in [2.75, 3.05) is 6.26 Å². The molecule has 3 heteroatoms. The molecule has 0 radical (unpaired) electrons. The van der Waals surface area contributed by atoms with Crippen LogP contribution in [0.2, 0.25) is 0 Å². The van der Waals surface area contributed by atoms with Crippen LogP contribution in [0.15, 0.2) is 0 Å². The highest BCUT2D eigenvalue weighted by Crippen LogP contribution is 2.46. The summed E-state index contributed by atoms with van der Waals surface area (Å²) in [4.78, 5) is 0. The van der Waals surface area contributed by atoms with Crippen LogP contribution in [0.3, 0.4) is 0 Å². The van der Waals surface area contributed by atoms with Crippen LogP contribution < -0.4 is 0 Å². The van der Waals surface area contributed by atoms with Crippen molar-refractivity contribution in [2.24, 2.45) is 17.8 Å². The summed E-state index contributed by atoms with van der Waals surface area (Å²) in [6, 6.07) is 0. The Morgan fingerprint density at radius 2 is 1.41 bits per heavy atom. The molecule has 0 bridgehead atoms. The van der Waals surface area contributed by atoms with E-state index in [9.17, 15) is 8.42 Å². The zero-order valence-electron chi connectivity index (χ0n) is 14.9. The van der Waals surface area contributed by atoms with Crippen LogP contribution in [-0.2, 0) is 9.84 Å². The average Bonchev–Trinajstić information content (AvgIpc) is 2.48. The predicted octanol–water partition coefficient (Wildman–Crippen LogP) is 5.37. The average molecular weight is 329 g/mol. The minimum Gasteiger partial charge on any atom is -0.229 e. The Hall–Kier alpha value is -0.0500. The van der Waals surface area contributed by atoms with E-state index in [2.05, 4.69) is 13.8 Å². The quantitative estimate of drug-likeness (QED) is 0.657. The Balaban J connectivity index is 1.89. The van der Waals surface area contributed by atoms with Gasteiger partial charge in [0.15, 0.2) is 9.84 Å². The molecule has 2 aliphatic rings. The summed E-state index contributed by atoms with van der Waals surface area (Å²) in [5.41, 5.74) is 0. The van der Waals surface area contributed by atoms with Crippen LogP contribution in [0, 0.1) is 17.8 Å². The van der Waals surface area contributed by atoms with Gasteiger partial charge in [-0.25, -0.2) is 8.42 Å². The van der Waals surface area contributed by atoms with Crippen molar-refractivity contribution in [3.05, 3.63) is 0 Å². The first-order valence-corrected chi connectivity index (χ1v) is 11.5. The summed E-state index contributed by atoms with van der Waals surface area (Å²) < 4.78 is 24.2. The summed E-state index contributed by atoms with van der Waals surface area (Å²) in [6.07, 6.45) is 15.8. The zero-order chi connectivity index (χ0) is 16.2.